The molecule has 0 spiro atoms. The first-order valence-corrected chi connectivity index (χ1v) is 3.67. The first-order chi connectivity index (χ1) is 5.15. The zero-order valence-corrected chi connectivity index (χ0v) is 6.79. The Labute approximate surface area is 66.2 Å². The zero-order valence-electron chi connectivity index (χ0n) is 6.79. The van der Waals surface area contributed by atoms with E-state index < -0.39 is 6.10 Å². The summed E-state index contributed by atoms with van der Waals surface area (Å²) in [6.07, 6.45) is 2.76. The quantitative estimate of drug-likeness (QED) is 0.573. The monoisotopic (exact) mass is 152 g/mol. The lowest BCUT2D eigenvalue weighted by molar-refractivity contribution is -0.104. The predicted molar refractivity (Wildman–Crippen MR) is 43.1 cm³/mol. The molecule has 11 heavy (non-hydrogen) atoms. The molecule has 0 heterocycles. The molecular weight excluding hydrogens is 140 g/mol. The lowest BCUT2D eigenvalue weighted by Gasteiger charge is -2.16. The molecule has 0 aromatic rings. The fourth-order valence-corrected chi connectivity index (χ4v) is 1.39. The van der Waals surface area contributed by atoms with E-state index in [1.54, 1.807) is 6.08 Å². The summed E-state index contributed by atoms with van der Waals surface area (Å²) in [5.74, 6) is 0. The van der Waals surface area contributed by atoms with Crippen LogP contribution in [0.25, 0.3) is 0 Å². The number of carbonyl (C=O) groups excluding carboxylic acids is 1. The van der Waals surface area contributed by atoms with E-state index in [0.717, 1.165) is 23.0 Å². The minimum Gasteiger partial charge on any atom is -0.389 e. The van der Waals surface area contributed by atoms with E-state index in [9.17, 15) is 9.90 Å². The SMILES string of the molecule is CC1=CC(O)CC(C)=C1C=O. The molecule has 0 aromatic carbocycles. The topological polar surface area (TPSA) is 37.3 Å². The van der Waals surface area contributed by atoms with E-state index >= 15 is 0 Å². The Balaban J connectivity index is 2.99. The molecule has 1 unspecified atom stereocenters. The molecular formula is C9H12O2. The Bertz CT molecular complexity index is 236. The minimum atomic E-state index is -0.404. The largest absolute Gasteiger partial charge is 0.389 e. The Morgan fingerprint density at radius 2 is 2.27 bits per heavy atom. The van der Waals surface area contributed by atoms with Gasteiger partial charge in [-0.05, 0) is 25.8 Å². The van der Waals surface area contributed by atoms with Crippen LogP contribution in [0.3, 0.4) is 0 Å². The van der Waals surface area contributed by atoms with E-state index in [4.69, 9.17) is 0 Å². The Hall–Kier alpha value is -0.890. The predicted octanol–water partition coefficient (Wildman–Crippen LogP) is 1.21. The summed E-state index contributed by atoms with van der Waals surface area (Å²) in [5.41, 5.74) is 2.61. The Kier molecular flexibility index (Phi) is 2.25. The van der Waals surface area contributed by atoms with Crippen LogP contribution in [0.4, 0.5) is 0 Å². The van der Waals surface area contributed by atoms with Gasteiger partial charge in [-0.2, -0.15) is 0 Å². The summed E-state index contributed by atoms with van der Waals surface area (Å²) < 4.78 is 0. The Morgan fingerprint density at radius 3 is 2.73 bits per heavy atom. The van der Waals surface area contributed by atoms with E-state index in [1.807, 2.05) is 13.8 Å². The van der Waals surface area contributed by atoms with E-state index in [-0.39, 0.29) is 0 Å². The molecule has 0 radical (unpaired) electrons. The van der Waals surface area contributed by atoms with Crippen molar-refractivity contribution in [2.24, 2.45) is 0 Å². The van der Waals surface area contributed by atoms with Crippen LogP contribution in [0.15, 0.2) is 22.8 Å². The molecule has 1 aliphatic rings. The van der Waals surface area contributed by atoms with Crippen molar-refractivity contribution in [1.82, 2.24) is 0 Å². The number of aliphatic hydroxyl groups is 1. The van der Waals surface area contributed by atoms with Gasteiger partial charge in [0.25, 0.3) is 0 Å². The van der Waals surface area contributed by atoms with Crippen LogP contribution in [0, 0.1) is 0 Å². The average molecular weight is 152 g/mol. The molecule has 1 N–H and O–H groups in total. The molecule has 0 saturated carbocycles. The molecule has 0 saturated heterocycles. The third kappa shape index (κ3) is 1.57. The van der Waals surface area contributed by atoms with E-state index in [0.29, 0.717) is 6.42 Å². The fraction of sp³-hybridized carbons (Fsp3) is 0.444. The van der Waals surface area contributed by atoms with Gasteiger partial charge in [0.05, 0.1) is 6.10 Å². The average Bonchev–Trinajstić information content (AvgIpc) is 1.85. The fourth-order valence-electron chi connectivity index (χ4n) is 1.39. The van der Waals surface area contributed by atoms with Gasteiger partial charge in [-0.3, -0.25) is 4.79 Å². The maximum atomic E-state index is 10.5. The second-order valence-corrected chi connectivity index (χ2v) is 2.93. The summed E-state index contributed by atoms with van der Waals surface area (Å²) in [6, 6.07) is 0. The molecule has 60 valence electrons. The van der Waals surface area contributed by atoms with Gasteiger partial charge in [0, 0.05) is 5.57 Å². The number of rotatable bonds is 1. The molecule has 0 amide bonds. The summed E-state index contributed by atoms with van der Waals surface area (Å²) in [4.78, 5) is 10.5. The van der Waals surface area contributed by atoms with Crippen LogP contribution in [0.2, 0.25) is 0 Å². The summed E-state index contributed by atoms with van der Waals surface area (Å²) in [6.45, 7) is 3.72. The maximum Gasteiger partial charge on any atom is 0.150 e. The minimum absolute atomic E-state index is 0.404. The normalized spacial score (nSPS) is 25.0. The highest BCUT2D eigenvalue weighted by molar-refractivity contribution is 5.81. The molecule has 0 aliphatic heterocycles. The molecule has 0 bridgehead atoms. The Morgan fingerprint density at radius 1 is 1.64 bits per heavy atom. The van der Waals surface area contributed by atoms with Gasteiger partial charge >= 0.3 is 0 Å². The van der Waals surface area contributed by atoms with Gasteiger partial charge in [0.2, 0.25) is 0 Å². The third-order valence-electron chi connectivity index (χ3n) is 1.96. The molecule has 1 aliphatic carbocycles. The van der Waals surface area contributed by atoms with Gasteiger partial charge in [-0.1, -0.05) is 11.6 Å². The first kappa shape index (κ1) is 8.21. The molecule has 2 heteroatoms. The van der Waals surface area contributed by atoms with E-state index in [2.05, 4.69) is 0 Å². The van der Waals surface area contributed by atoms with Crippen LogP contribution in [0.1, 0.15) is 20.3 Å². The van der Waals surface area contributed by atoms with Crippen molar-refractivity contribution in [3.05, 3.63) is 22.8 Å². The number of allylic oxidation sites excluding steroid dienone is 2. The highest BCUT2D eigenvalue weighted by Crippen LogP contribution is 2.22. The van der Waals surface area contributed by atoms with Crippen LogP contribution < -0.4 is 0 Å². The third-order valence-corrected chi connectivity index (χ3v) is 1.96. The van der Waals surface area contributed by atoms with Crippen molar-refractivity contribution >= 4 is 6.29 Å². The van der Waals surface area contributed by atoms with E-state index in [1.165, 1.54) is 0 Å². The van der Waals surface area contributed by atoms with Crippen molar-refractivity contribution in [2.45, 2.75) is 26.4 Å². The number of carbonyl (C=O) groups is 1. The van der Waals surface area contributed by atoms with Gasteiger partial charge < -0.3 is 5.11 Å². The van der Waals surface area contributed by atoms with Crippen LogP contribution in [-0.4, -0.2) is 17.5 Å². The summed E-state index contributed by atoms with van der Waals surface area (Å²) in [5, 5.41) is 9.24. The molecule has 2 nitrogen and oxygen atoms in total. The highest BCUT2D eigenvalue weighted by atomic mass is 16.3. The van der Waals surface area contributed by atoms with Crippen LogP contribution in [-0.2, 0) is 4.79 Å². The molecule has 1 atom stereocenters. The summed E-state index contributed by atoms with van der Waals surface area (Å²) in [7, 11) is 0. The summed E-state index contributed by atoms with van der Waals surface area (Å²) >= 11 is 0. The number of hydrogen-bond acceptors (Lipinski definition) is 2. The number of aliphatic hydroxyl groups excluding tert-OH is 1. The number of aldehydes is 1. The van der Waals surface area contributed by atoms with Crippen molar-refractivity contribution in [3.8, 4) is 0 Å². The lowest BCUT2D eigenvalue weighted by atomic mass is 9.92. The molecule has 0 fully saturated rings. The van der Waals surface area contributed by atoms with Gasteiger partial charge in [-0.25, -0.2) is 0 Å². The second kappa shape index (κ2) is 3.01. The van der Waals surface area contributed by atoms with Gasteiger partial charge in [-0.15, -0.1) is 0 Å². The lowest BCUT2D eigenvalue weighted by Crippen LogP contribution is -2.11. The highest BCUT2D eigenvalue weighted by Gasteiger charge is 2.14. The van der Waals surface area contributed by atoms with Crippen molar-refractivity contribution in [3.63, 3.8) is 0 Å². The van der Waals surface area contributed by atoms with Crippen LogP contribution >= 0.6 is 0 Å². The van der Waals surface area contributed by atoms with Crippen molar-refractivity contribution in [2.75, 3.05) is 0 Å². The first-order valence-electron chi connectivity index (χ1n) is 3.67. The second-order valence-electron chi connectivity index (χ2n) is 2.93. The van der Waals surface area contributed by atoms with Crippen LogP contribution in [0.5, 0.6) is 0 Å². The standard InChI is InChI=1S/C9H12O2/c1-6-3-8(11)4-7(2)9(6)5-10/h3,5,8,11H,4H2,1-2H3. The molecule has 1 rings (SSSR count). The van der Waals surface area contributed by atoms with Crippen molar-refractivity contribution < 1.29 is 9.90 Å². The van der Waals surface area contributed by atoms with Gasteiger partial charge in [0.1, 0.15) is 6.29 Å². The maximum absolute atomic E-state index is 10.5. The number of hydrogen-bond donors (Lipinski definition) is 1. The molecule has 0 aromatic heterocycles. The van der Waals surface area contributed by atoms with Gasteiger partial charge in [0.15, 0.2) is 0 Å². The van der Waals surface area contributed by atoms with Crippen molar-refractivity contribution in [1.29, 1.82) is 0 Å². The smallest absolute Gasteiger partial charge is 0.150 e. The zero-order chi connectivity index (χ0) is 8.43.